The number of nitro benzene ring substituents is 1. The second-order valence-electron chi connectivity index (χ2n) is 6.58. The zero-order valence-electron chi connectivity index (χ0n) is 15.6. The fourth-order valence-electron chi connectivity index (χ4n) is 3.15. The largest absolute Gasteiger partial charge is 0.413 e. The van der Waals surface area contributed by atoms with Gasteiger partial charge in [0.25, 0.3) is 0 Å². The van der Waals surface area contributed by atoms with Gasteiger partial charge in [0.15, 0.2) is 0 Å². The summed E-state index contributed by atoms with van der Waals surface area (Å²) in [5, 5.41) is 11.5. The average Bonchev–Trinajstić information content (AvgIpc) is 2.62. The quantitative estimate of drug-likeness (QED) is 0.291. The highest BCUT2D eigenvalue weighted by Gasteiger charge is 2.21. The van der Waals surface area contributed by atoms with Crippen LogP contribution in [0, 0.1) is 30.9 Å². The fourth-order valence-corrected chi connectivity index (χ4v) is 3.89. The normalized spacial score (nSPS) is 10.6. The Balaban J connectivity index is 1.94. The molecule has 0 N–H and O–H groups in total. The molecule has 0 aliphatic heterocycles. The molecule has 0 saturated heterocycles. The van der Waals surface area contributed by atoms with Crippen LogP contribution in [0.15, 0.2) is 65.6 Å². The molecule has 0 saturated carbocycles. The predicted octanol–water partition coefficient (Wildman–Crippen LogP) is 6.20. The van der Waals surface area contributed by atoms with E-state index in [4.69, 9.17) is 4.18 Å². The van der Waals surface area contributed by atoms with Gasteiger partial charge in [0.05, 0.1) is 21.9 Å². The summed E-state index contributed by atoms with van der Waals surface area (Å²) in [5.74, 6) is 0.315. The van der Waals surface area contributed by atoms with Gasteiger partial charge in [-0.3, -0.25) is 10.1 Å². The van der Waals surface area contributed by atoms with Crippen LogP contribution in [-0.2, 0) is 6.42 Å². The number of para-hydroxylation sites is 1. The summed E-state index contributed by atoms with van der Waals surface area (Å²) < 4.78 is 5.96. The molecule has 0 fully saturated rings. The molecule has 0 amide bonds. The van der Waals surface area contributed by atoms with Gasteiger partial charge in [0.1, 0.15) is 0 Å². The van der Waals surface area contributed by atoms with Crippen LogP contribution >= 0.6 is 12.0 Å². The number of hydrogen-bond acceptors (Lipinski definition) is 4. The molecule has 138 valence electrons. The summed E-state index contributed by atoms with van der Waals surface area (Å²) in [6, 6.07) is 19.1. The lowest BCUT2D eigenvalue weighted by Crippen LogP contribution is -1.99. The molecule has 0 radical (unpaired) electrons. The van der Waals surface area contributed by atoms with Gasteiger partial charge in [0.2, 0.25) is 5.75 Å². The molecule has 0 aromatic heterocycles. The Hall–Kier alpha value is -2.79. The third-order valence-corrected chi connectivity index (χ3v) is 5.38. The molecule has 0 unspecified atom stereocenters. The van der Waals surface area contributed by atoms with E-state index in [0.717, 1.165) is 27.1 Å². The number of aryl methyl sites for hydroxylation is 3. The van der Waals surface area contributed by atoms with Crippen LogP contribution in [0.2, 0.25) is 0 Å². The highest BCUT2D eigenvalue weighted by molar-refractivity contribution is 7.95. The second-order valence-corrected chi connectivity index (χ2v) is 7.32. The van der Waals surface area contributed by atoms with E-state index in [1.807, 2.05) is 50.2 Å². The van der Waals surface area contributed by atoms with Gasteiger partial charge in [-0.25, -0.2) is 0 Å². The van der Waals surface area contributed by atoms with Gasteiger partial charge < -0.3 is 4.18 Å². The maximum Gasteiger partial charge on any atom is 0.312 e. The van der Waals surface area contributed by atoms with E-state index < -0.39 is 0 Å². The first-order valence-corrected chi connectivity index (χ1v) is 9.42. The van der Waals surface area contributed by atoms with Crippen molar-refractivity contribution in [2.45, 2.75) is 32.1 Å². The standard InChI is InChI=1S/C22H21NO3S/c1-15-12-16(2)22(17(3)13-15)27-26-21-19(10-7-11-20(21)23(24)25)14-18-8-5-4-6-9-18/h4-13H,14H2,1-3H3. The van der Waals surface area contributed by atoms with Crippen LogP contribution in [-0.4, -0.2) is 4.92 Å². The summed E-state index contributed by atoms with van der Waals surface area (Å²) in [6.07, 6.45) is 0.574. The Labute approximate surface area is 163 Å². The van der Waals surface area contributed by atoms with E-state index in [0.29, 0.717) is 12.2 Å². The third kappa shape index (κ3) is 4.49. The van der Waals surface area contributed by atoms with Crippen molar-refractivity contribution in [3.8, 4) is 5.75 Å². The van der Waals surface area contributed by atoms with Crippen molar-refractivity contribution in [2.75, 3.05) is 0 Å². The molecule has 0 aliphatic rings. The van der Waals surface area contributed by atoms with Gasteiger partial charge in [-0.05, 0) is 37.5 Å². The number of nitrogens with zero attached hydrogens (tertiary/aromatic N) is 1. The molecule has 27 heavy (non-hydrogen) atoms. The first-order chi connectivity index (χ1) is 13.0. The fraction of sp³-hybridized carbons (Fsp3) is 0.182. The summed E-state index contributed by atoms with van der Waals surface area (Å²) in [5.41, 5.74) is 5.24. The average molecular weight is 379 g/mol. The van der Waals surface area contributed by atoms with Gasteiger partial charge in [-0.1, -0.05) is 60.2 Å². The lowest BCUT2D eigenvalue weighted by molar-refractivity contribution is -0.385. The van der Waals surface area contributed by atoms with E-state index in [1.165, 1.54) is 23.7 Å². The van der Waals surface area contributed by atoms with Crippen molar-refractivity contribution >= 4 is 17.7 Å². The van der Waals surface area contributed by atoms with Crippen LogP contribution in [0.4, 0.5) is 5.69 Å². The van der Waals surface area contributed by atoms with E-state index >= 15 is 0 Å². The SMILES string of the molecule is Cc1cc(C)c(SOc2c(Cc3ccccc3)cccc2[N+](=O)[O-])c(C)c1. The van der Waals surface area contributed by atoms with Crippen LogP contribution in [0.5, 0.6) is 5.75 Å². The van der Waals surface area contributed by atoms with Crippen LogP contribution in [0.1, 0.15) is 27.8 Å². The Kier molecular flexibility index (Phi) is 5.81. The van der Waals surface area contributed by atoms with Crippen molar-refractivity contribution in [1.82, 2.24) is 0 Å². The molecule has 0 atom stereocenters. The lowest BCUT2D eigenvalue weighted by atomic mass is 10.0. The zero-order valence-corrected chi connectivity index (χ0v) is 16.4. The molecular weight excluding hydrogens is 358 g/mol. The first kappa shape index (κ1) is 19.0. The molecule has 5 heteroatoms. The van der Waals surface area contributed by atoms with Crippen molar-refractivity contribution in [3.63, 3.8) is 0 Å². The topological polar surface area (TPSA) is 52.4 Å². The van der Waals surface area contributed by atoms with Gasteiger partial charge in [-0.2, -0.15) is 0 Å². The Morgan fingerprint density at radius 3 is 2.26 bits per heavy atom. The highest BCUT2D eigenvalue weighted by atomic mass is 32.2. The van der Waals surface area contributed by atoms with E-state index in [2.05, 4.69) is 19.1 Å². The van der Waals surface area contributed by atoms with Crippen LogP contribution in [0.25, 0.3) is 0 Å². The summed E-state index contributed by atoms with van der Waals surface area (Å²) in [7, 11) is 0. The number of nitro groups is 1. The van der Waals surface area contributed by atoms with Crippen molar-refractivity contribution in [2.24, 2.45) is 0 Å². The Morgan fingerprint density at radius 1 is 0.963 bits per heavy atom. The number of hydrogen-bond donors (Lipinski definition) is 0. The monoisotopic (exact) mass is 379 g/mol. The van der Waals surface area contributed by atoms with Crippen molar-refractivity contribution in [3.05, 3.63) is 98.6 Å². The molecule has 0 spiro atoms. The second kappa shape index (κ2) is 8.27. The highest BCUT2D eigenvalue weighted by Crippen LogP contribution is 2.38. The van der Waals surface area contributed by atoms with E-state index in [-0.39, 0.29) is 10.6 Å². The van der Waals surface area contributed by atoms with Gasteiger partial charge in [-0.15, -0.1) is 0 Å². The molecule has 0 bridgehead atoms. The van der Waals surface area contributed by atoms with E-state index in [9.17, 15) is 10.1 Å². The lowest BCUT2D eigenvalue weighted by Gasteiger charge is -2.13. The molecule has 3 rings (SSSR count). The summed E-state index contributed by atoms with van der Waals surface area (Å²) in [4.78, 5) is 12.1. The third-order valence-electron chi connectivity index (χ3n) is 4.32. The molecule has 3 aromatic rings. The minimum Gasteiger partial charge on any atom is -0.413 e. The zero-order chi connectivity index (χ0) is 19.4. The van der Waals surface area contributed by atoms with Crippen molar-refractivity contribution < 1.29 is 9.11 Å². The molecule has 3 aromatic carbocycles. The summed E-state index contributed by atoms with van der Waals surface area (Å²) >= 11 is 1.19. The van der Waals surface area contributed by atoms with E-state index in [1.54, 1.807) is 6.07 Å². The smallest absolute Gasteiger partial charge is 0.312 e. The Morgan fingerprint density at radius 2 is 1.63 bits per heavy atom. The molecule has 0 heterocycles. The number of benzene rings is 3. The Bertz CT molecular complexity index is 948. The van der Waals surface area contributed by atoms with Crippen LogP contribution < -0.4 is 4.18 Å². The maximum absolute atomic E-state index is 11.5. The maximum atomic E-state index is 11.5. The molecule has 4 nitrogen and oxygen atoms in total. The minimum absolute atomic E-state index is 0.0154. The molecular formula is C22H21NO3S. The van der Waals surface area contributed by atoms with Crippen molar-refractivity contribution in [1.29, 1.82) is 0 Å². The number of rotatable bonds is 6. The van der Waals surface area contributed by atoms with Crippen LogP contribution in [0.3, 0.4) is 0 Å². The van der Waals surface area contributed by atoms with Gasteiger partial charge >= 0.3 is 5.69 Å². The summed E-state index contributed by atoms with van der Waals surface area (Å²) in [6.45, 7) is 6.10. The molecule has 0 aliphatic carbocycles. The predicted molar refractivity (Wildman–Crippen MR) is 109 cm³/mol. The first-order valence-electron chi connectivity index (χ1n) is 8.68. The van der Waals surface area contributed by atoms with Gasteiger partial charge in [0, 0.05) is 18.1 Å². The minimum atomic E-state index is -0.390.